The first-order valence-corrected chi connectivity index (χ1v) is 8.32. The quantitative estimate of drug-likeness (QED) is 0.698. The minimum atomic E-state index is -0.290. The third kappa shape index (κ3) is 3.02. The van der Waals surface area contributed by atoms with Gasteiger partial charge in [-0.25, -0.2) is 4.68 Å². The van der Waals surface area contributed by atoms with Crippen LogP contribution < -0.4 is 5.56 Å². The molecule has 0 bridgehead atoms. The van der Waals surface area contributed by atoms with E-state index in [0.29, 0.717) is 24.0 Å². The Bertz CT molecular complexity index is 949. The molecule has 1 fully saturated rings. The Kier molecular flexibility index (Phi) is 4.01. The summed E-state index contributed by atoms with van der Waals surface area (Å²) >= 11 is 0. The van der Waals surface area contributed by atoms with Crippen LogP contribution in [0.2, 0.25) is 0 Å². The second kappa shape index (κ2) is 6.46. The molecule has 1 saturated heterocycles. The van der Waals surface area contributed by atoms with Gasteiger partial charge in [0.2, 0.25) is 5.91 Å². The van der Waals surface area contributed by atoms with E-state index in [-0.39, 0.29) is 24.1 Å². The summed E-state index contributed by atoms with van der Waals surface area (Å²) in [6, 6.07) is 8.97. The summed E-state index contributed by atoms with van der Waals surface area (Å²) < 4.78 is 2.98. The van der Waals surface area contributed by atoms with Crippen molar-refractivity contribution in [3.63, 3.8) is 0 Å². The summed E-state index contributed by atoms with van der Waals surface area (Å²) in [6.07, 6.45) is 5.51. The molecule has 2 aromatic heterocycles. The summed E-state index contributed by atoms with van der Waals surface area (Å²) in [5.74, 6) is -0.110. The highest BCUT2D eigenvalue weighted by atomic mass is 16.2. The molecule has 0 aliphatic carbocycles. The van der Waals surface area contributed by atoms with Crippen LogP contribution in [0.4, 0.5) is 0 Å². The first-order chi connectivity index (χ1) is 12.2. The van der Waals surface area contributed by atoms with Crippen molar-refractivity contribution in [2.45, 2.75) is 32.0 Å². The van der Waals surface area contributed by atoms with Gasteiger partial charge in [0.15, 0.2) is 0 Å². The molecule has 1 amide bonds. The van der Waals surface area contributed by atoms with Crippen LogP contribution in [0, 0.1) is 0 Å². The maximum atomic E-state index is 12.7. The van der Waals surface area contributed by atoms with E-state index < -0.39 is 0 Å². The van der Waals surface area contributed by atoms with E-state index in [1.54, 1.807) is 30.5 Å². The van der Waals surface area contributed by atoms with E-state index in [1.165, 1.54) is 0 Å². The highest BCUT2D eigenvalue weighted by Crippen LogP contribution is 2.19. The van der Waals surface area contributed by atoms with Crippen molar-refractivity contribution in [3.8, 4) is 0 Å². The second-order valence-corrected chi connectivity index (χ2v) is 6.18. The molecule has 1 aliphatic rings. The Morgan fingerprint density at radius 3 is 2.96 bits per heavy atom. The van der Waals surface area contributed by atoms with Gasteiger partial charge >= 0.3 is 0 Å². The number of fused-ring (bicyclic) bond motifs is 1. The highest BCUT2D eigenvalue weighted by Gasteiger charge is 2.29. The van der Waals surface area contributed by atoms with Gasteiger partial charge in [0.1, 0.15) is 12.1 Å². The van der Waals surface area contributed by atoms with Crippen molar-refractivity contribution in [3.05, 3.63) is 53.1 Å². The molecule has 3 aromatic rings. The number of carbonyl (C=O) groups excluding carboxylic acids is 1. The minimum Gasteiger partial charge on any atom is -0.336 e. The lowest BCUT2D eigenvalue weighted by Gasteiger charge is -2.24. The molecule has 128 valence electrons. The monoisotopic (exact) mass is 338 g/mol. The lowest BCUT2D eigenvalue weighted by atomic mass is 10.2. The van der Waals surface area contributed by atoms with Crippen LogP contribution in [0.5, 0.6) is 0 Å². The summed E-state index contributed by atoms with van der Waals surface area (Å²) in [7, 11) is 0. The Labute approximate surface area is 143 Å². The number of hydrogen-bond acceptors (Lipinski definition) is 5. The van der Waals surface area contributed by atoms with Crippen molar-refractivity contribution in [2.75, 3.05) is 6.54 Å². The average molecular weight is 338 g/mol. The molecular formula is C17H18N6O2. The van der Waals surface area contributed by atoms with Gasteiger partial charge in [-0.1, -0.05) is 17.3 Å². The summed E-state index contributed by atoms with van der Waals surface area (Å²) in [5.41, 5.74) is 0.246. The first kappa shape index (κ1) is 15.5. The van der Waals surface area contributed by atoms with E-state index in [4.69, 9.17) is 0 Å². The molecule has 25 heavy (non-hydrogen) atoms. The van der Waals surface area contributed by atoms with Gasteiger partial charge in [-0.3, -0.25) is 14.3 Å². The average Bonchev–Trinajstić information content (AvgIpc) is 3.30. The third-order valence-corrected chi connectivity index (χ3v) is 4.57. The molecular weight excluding hydrogens is 320 g/mol. The van der Waals surface area contributed by atoms with E-state index in [0.717, 1.165) is 17.5 Å². The number of amides is 1. The molecule has 1 aliphatic heterocycles. The van der Waals surface area contributed by atoms with Crippen LogP contribution in [0.25, 0.3) is 10.9 Å². The SMILES string of the molecule is O=C(Cn1nnc2ccccc2c1=O)N1CCC[C@H]1Cn1cccn1. The van der Waals surface area contributed by atoms with E-state index in [2.05, 4.69) is 15.4 Å². The minimum absolute atomic E-state index is 0.0910. The number of carbonyl (C=O) groups is 1. The van der Waals surface area contributed by atoms with Gasteiger partial charge in [-0.15, -0.1) is 5.10 Å². The fraction of sp³-hybridized carbons (Fsp3) is 0.353. The zero-order valence-electron chi connectivity index (χ0n) is 13.7. The maximum absolute atomic E-state index is 12.7. The van der Waals surface area contributed by atoms with Crippen LogP contribution in [0.3, 0.4) is 0 Å². The van der Waals surface area contributed by atoms with Gasteiger partial charge < -0.3 is 4.90 Å². The number of aromatic nitrogens is 5. The zero-order valence-corrected chi connectivity index (χ0v) is 13.7. The van der Waals surface area contributed by atoms with Gasteiger partial charge in [-0.05, 0) is 31.0 Å². The molecule has 8 heteroatoms. The number of likely N-dealkylation sites (tertiary alicyclic amines) is 1. The molecule has 0 unspecified atom stereocenters. The predicted molar refractivity (Wildman–Crippen MR) is 90.8 cm³/mol. The van der Waals surface area contributed by atoms with Crippen LogP contribution in [0.15, 0.2) is 47.5 Å². The zero-order chi connectivity index (χ0) is 17.2. The van der Waals surface area contributed by atoms with E-state index in [9.17, 15) is 9.59 Å². The Morgan fingerprint density at radius 1 is 1.24 bits per heavy atom. The van der Waals surface area contributed by atoms with Crippen molar-refractivity contribution in [2.24, 2.45) is 0 Å². The van der Waals surface area contributed by atoms with Crippen LogP contribution in [-0.2, 0) is 17.9 Å². The second-order valence-electron chi connectivity index (χ2n) is 6.18. The predicted octanol–water partition coefficient (Wildman–Crippen LogP) is 0.679. The summed E-state index contributed by atoms with van der Waals surface area (Å²) in [4.78, 5) is 27.0. The van der Waals surface area contributed by atoms with E-state index >= 15 is 0 Å². The lowest BCUT2D eigenvalue weighted by molar-refractivity contribution is -0.133. The first-order valence-electron chi connectivity index (χ1n) is 8.32. The Morgan fingerprint density at radius 2 is 2.12 bits per heavy atom. The van der Waals surface area contributed by atoms with Gasteiger partial charge in [-0.2, -0.15) is 5.10 Å². The topological polar surface area (TPSA) is 85.9 Å². The fourth-order valence-corrected chi connectivity index (χ4v) is 3.32. The van der Waals surface area contributed by atoms with Crippen LogP contribution in [-0.4, -0.2) is 48.2 Å². The molecule has 1 aromatic carbocycles. The molecule has 1 atom stereocenters. The number of hydrogen-bond donors (Lipinski definition) is 0. The maximum Gasteiger partial charge on any atom is 0.278 e. The normalized spacial score (nSPS) is 17.3. The molecule has 0 radical (unpaired) electrons. The van der Waals surface area contributed by atoms with Crippen LogP contribution >= 0.6 is 0 Å². The summed E-state index contributed by atoms with van der Waals surface area (Å²) in [5, 5.41) is 12.6. The number of rotatable bonds is 4. The molecule has 8 nitrogen and oxygen atoms in total. The molecule has 0 saturated carbocycles. The standard InChI is InChI=1S/C17H18N6O2/c24-16(22-10-3-5-13(22)11-21-9-4-8-18-21)12-23-17(25)14-6-1-2-7-15(14)19-20-23/h1-2,4,6-9,13H,3,5,10-12H2/t13-/m0/s1. The molecule has 4 rings (SSSR count). The third-order valence-electron chi connectivity index (χ3n) is 4.57. The number of nitrogens with zero attached hydrogens (tertiary/aromatic N) is 6. The van der Waals surface area contributed by atoms with Gasteiger partial charge in [0.25, 0.3) is 5.56 Å². The molecule has 0 spiro atoms. The van der Waals surface area contributed by atoms with Crippen molar-refractivity contribution in [1.82, 2.24) is 29.7 Å². The summed E-state index contributed by atoms with van der Waals surface area (Å²) in [6.45, 7) is 1.27. The van der Waals surface area contributed by atoms with Crippen LogP contribution in [0.1, 0.15) is 12.8 Å². The Hall–Kier alpha value is -3.03. The Balaban J connectivity index is 1.53. The van der Waals surface area contributed by atoms with Gasteiger partial charge in [0.05, 0.1) is 18.0 Å². The lowest BCUT2D eigenvalue weighted by Crippen LogP contribution is -2.42. The van der Waals surface area contributed by atoms with E-state index in [1.807, 2.05) is 21.8 Å². The molecule has 3 heterocycles. The van der Waals surface area contributed by atoms with Crippen molar-refractivity contribution >= 4 is 16.8 Å². The van der Waals surface area contributed by atoms with Crippen molar-refractivity contribution in [1.29, 1.82) is 0 Å². The van der Waals surface area contributed by atoms with Gasteiger partial charge in [0, 0.05) is 18.9 Å². The highest BCUT2D eigenvalue weighted by molar-refractivity contribution is 5.78. The number of benzene rings is 1. The van der Waals surface area contributed by atoms with Crippen molar-refractivity contribution < 1.29 is 4.79 Å². The largest absolute Gasteiger partial charge is 0.336 e. The molecule has 0 N–H and O–H groups in total. The fourth-order valence-electron chi connectivity index (χ4n) is 3.32. The smallest absolute Gasteiger partial charge is 0.278 e.